The topological polar surface area (TPSA) is 28.2 Å². The maximum atomic E-state index is 4.70. The molecule has 3 heteroatoms. The first-order valence-electron chi connectivity index (χ1n) is 11.4. The number of nitrogens with zero attached hydrogens (tertiary/aromatic N) is 2. The summed E-state index contributed by atoms with van der Waals surface area (Å²) in [6, 6.07) is 30.5. The molecule has 0 amide bonds. The van der Waals surface area contributed by atoms with Gasteiger partial charge in [0.2, 0.25) is 0 Å². The van der Waals surface area contributed by atoms with Gasteiger partial charge >= 0.3 is 26.2 Å². The van der Waals surface area contributed by atoms with Crippen LogP contribution >= 0.6 is 0 Å². The molecule has 4 rings (SSSR count). The Labute approximate surface area is 214 Å². The van der Waals surface area contributed by atoms with Gasteiger partial charge < -0.3 is 16.6 Å². The third kappa shape index (κ3) is 9.25. The molecule has 164 valence electrons. The number of rotatable bonds is 8. The second-order valence-corrected chi connectivity index (χ2v) is 8.21. The first kappa shape index (κ1) is 26.3. The number of hydrogen-bond acceptors (Lipinski definition) is 0. The SMILES string of the molecule is C[C-]1C(CC[N-]c2ccccc2)CCC1CC[N-]c1ccccc1.[CH2-]c1ccccc1.[Zr+4]. The molecule has 0 aliphatic heterocycles. The van der Waals surface area contributed by atoms with Gasteiger partial charge in [0.05, 0.1) is 0 Å². The van der Waals surface area contributed by atoms with Crippen LogP contribution in [0.2, 0.25) is 0 Å². The summed E-state index contributed by atoms with van der Waals surface area (Å²) in [6.45, 7) is 7.95. The fraction of sp³-hybridized carbons (Fsp3) is 0.310. The minimum Gasteiger partial charge on any atom is -0.684 e. The van der Waals surface area contributed by atoms with Crippen molar-refractivity contribution in [2.75, 3.05) is 13.1 Å². The summed E-state index contributed by atoms with van der Waals surface area (Å²) in [5.41, 5.74) is 3.28. The molecule has 2 unspecified atom stereocenters. The van der Waals surface area contributed by atoms with E-state index < -0.39 is 0 Å². The standard InChI is InChI=1S/C22H27N2.C7H7.Zr/c1-18-19(14-16-23-21-8-4-2-5-9-21)12-13-20(18)15-17-24-22-10-6-3-7-11-22;1-7-5-3-2-4-6-7;/h2-11,19-20H,12-17H2,1H3;2-6H,1H2;/q-3;-1;+4. The molecule has 0 aromatic heterocycles. The summed E-state index contributed by atoms with van der Waals surface area (Å²) in [6.07, 6.45) is 5.03. The van der Waals surface area contributed by atoms with Crippen molar-refractivity contribution in [3.8, 4) is 0 Å². The van der Waals surface area contributed by atoms with Crippen LogP contribution in [0.5, 0.6) is 0 Å². The Hall–Kier alpha value is -1.99. The van der Waals surface area contributed by atoms with Gasteiger partial charge in [0.25, 0.3) is 0 Å². The molecule has 0 N–H and O–H groups in total. The van der Waals surface area contributed by atoms with E-state index in [-0.39, 0.29) is 26.2 Å². The molecule has 0 spiro atoms. The van der Waals surface area contributed by atoms with Gasteiger partial charge in [-0.05, 0) is 0 Å². The third-order valence-corrected chi connectivity index (χ3v) is 6.05. The Morgan fingerprint density at radius 3 is 1.41 bits per heavy atom. The first-order chi connectivity index (χ1) is 15.2. The minimum atomic E-state index is 0. The Morgan fingerprint density at radius 1 is 0.688 bits per heavy atom. The maximum Gasteiger partial charge on any atom is 4.00 e. The van der Waals surface area contributed by atoms with Crippen molar-refractivity contribution in [2.45, 2.75) is 32.6 Å². The van der Waals surface area contributed by atoms with Crippen LogP contribution in [0.15, 0.2) is 91.0 Å². The quantitative estimate of drug-likeness (QED) is 0.276. The zero-order chi connectivity index (χ0) is 21.7. The van der Waals surface area contributed by atoms with Crippen LogP contribution in [0.25, 0.3) is 10.6 Å². The van der Waals surface area contributed by atoms with Gasteiger partial charge in [-0.15, -0.1) is 36.6 Å². The second-order valence-electron chi connectivity index (χ2n) is 8.21. The molecule has 0 saturated heterocycles. The molecule has 3 aromatic carbocycles. The van der Waals surface area contributed by atoms with Gasteiger partial charge in [-0.1, -0.05) is 92.4 Å². The molecule has 32 heavy (non-hydrogen) atoms. The van der Waals surface area contributed by atoms with E-state index in [1.807, 2.05) is 42.5 Å². The normalized spacial score (nSPS) is 17.5. The van der Waals surface area contributed by atoms with E-state index in [4.69, 9.17) is 10.6 Å². The third-order valence-electron chi connectivity index (χ3n) is 6.05. The number of hydrogen-bond donors (Lipinski definition) is 0. The van der Waals surface area contributed by atoms with Crippen LogP contribution < -0.4 is 0 Å². The number of para-hydroxylation sites is 2. The van der Waals surface area contributed by atoms with Crippen molar-refractivity contribution in [3.05, 3.63) is 120 Å². The van der Waals surface area contributed by atoms with Crippen molar-refractivity contribution in [3.63, 3.8) is 0 Å². The summed E-state index contributed by atoms with van der Waals surface area (Å²) in [5.74, 6) is 3.18. The van der Waals surface area contributed by atoms with Gasteiger partial charge in [0, 0.05) is 0 Å². The summed E-state index contributed by atoms with van der Waals surface area (Å²) in [4.78, 5) is 0. The van der Waals surface area contributed by atoms with Gasteiger partial charge in [-0.2, -0.15) is 43.4 Å². The molecule has 1 fully saturated rings. The van der Waals surface area contributed by atoms with Gasteiger partial charge in [0.1, 0.15) is 0 Å². The van der Waals surface area contributed by atoms with E-state index in [9.17, 15) is 0 Å². The molecule has 0 radical (unpaired) electrons. The molecular weight excluding hydrogens is 468 g/mol. The fourth-order valence-electron chi connectivity index (χ4n) is 4.18. The summed E-state index contributed by atoms with van der Waals surface area (Å²) in [5, 5.41) is 9.40. The molecule has 0 bridgehead atoms. The molecular formula is C29H34N2Zr. The van der Waals surface area contributed by atoms with Gasteiger partial charge in [0.15, 0.2) is 0 Å². The van der Waals surface area contributed by atoms with E-state index in [2.05, 4.69) is 62.4 Å². The van der Waals surface area contributed by atoms with Crippen molar-refractivity contribution in [2.24, 2.45) is 11.8 Å². The van der Waals surface area contributed by atoms with Crippen LogP contribution in [0.4, 0.5) is 11.4 Å². The Kier molecular flexibility index (Phi) is 12.3. The average molecular weight is 502 g/mol. The van der Waals surface area contributed by atoms with Crippen molar-refractivity contribution in [1.29, 1.82) is 0 Å². The van der Waals surface area contributed by atoms with Crippen LogP contribution in [0.1, 0.15) is 38.2 Å². The van der Waals surface area contributed by atoms with Gasteiger partial charge in [-0.3, -0.25) is 0 Å². The molecule has 2 nitrogen and oxygen atoms in total. The first-order valence-corrected chi connectivity index (χ1v) is 11.4. The maximum absolute atomic E-state index is 4.70. The average Bonchev–Trinajstić information content (AvgIpc) is 3.16. The van der Waals surface area contributed by atoms with E-state index in [0.717, 1.165) is 41.9 Å². The Balaban J connectivity index is 0.000000388. The Bertz CT molecular complexity index is 785. The van der Waals surface area contributed by atoms with Crippen molar-refractivity contribution >= 4 is 11.4 Å². The van der Waals surface area contributed by atoms with Crippen LogP contribution in [-0.4, -0.2) is 13.1 Å². The van der Waals surface area contributed by atoms with Gasteiger partial charge in [-0.25, -0.2) is 0 Å². The van der Waals surface area contributed by atoms with E-state index in [1.54, 1.807) is 5.92 Å². The van der Waals surface area contributed by atoms with E-state index in [0.29, 0.717) is 0 Å². The van der Waals surface area contributed by atoms with E-state index in [1.165, 1.54) is 25.7 Å². The zero-order valence-electron chi connectivity index (χ0n) is 19.2. The van der Waals surface area contributed by atoms with E-state index >= 15 is 0 Å². The summed E-state index contributed by atoms with van der Waals surface area (Å²) >= 11 is 0. The molecule has 3 aromatic rings. The summed E-state index contributed by atoms with van der Waals surface area (Å²) < 4.78 is 0. The van der Waals surface area contributed by atoms with Crippen LogP contribution in [0.3, 0.4) is 0 Å². The smallest absolute Gasteiger partial charge is 0.684 e. The fourth-order valence-corrected chi connectivity index (χ4v) is 4.18. The molecule has 0 heterocycles. The molecule has 1 aliphatic rings. The monoisotopic (exact) mass is 500 g/mol. The predicted molar refractivity (Wildman–Crippen MR) is 134 cm³/mol. The summed E-state index contributed by atoms with van der Waals surface area (Å²) in [7, 11) is 0. The predicted octanol–water partition coefficient (Wildman–Crippen LogP) is 8.66. The minimum absolute atomic E-state index is 0. The van der Waals surface area contributed by atoms with Crippen molar-refractivity contribution in [1.82, 2.24) is 0 Å². The van der Waals surface area contributed by atoms with Crippen molar-refractivity contribution < 1.29 is 26.2 Å². The second kappa shape index (κ2) is 15.0. The molecule has 2 atom stereocenters. The molecule has 1 saturated carbocycles. The zero-order valence-corrected chi connectivity index (χ0v) is 21.6. The Morgan fingerprint density at radius 2 is 1.06 bits per heavy atom. The molecule has 1 aliphatic carbocycles. The van der Waals surface area contributed by atoms with Crippen LogP contribution in [-0.2, 0) is 26.2 Å². The van der Waals surface area contributed by atoms with Crippen LogP contribution in [0, 0.1) is 24.7 Å². The number of benzene rings is 3. The largest absolute Gasteiger partial charge is 4.00 e.